The first-order valence-electron chi connectivity index (χ1n) is 8.18. The number of aromatic nitrogens is 3. The second-order valence-electron chi connectivity index (χ2n) is 6.41. The number of rotatable bonds is 5. The maximum absolute atomic E-state index is 12.8. The smallest absolute Gasteiger partial charge is 0.408 e. The van der Waals surface area contributed by atoms with Gasteiger partial charge in [0, 0.05) is 39.4 Å². The van der Waals surface area contributed by atoms with E-state index in [-0.39, 0.29) is 10.5 Å². The van der Waals surface area contributed by atoms with Crippen molar-refractivity contribution in [2.75, 3.05) is 13.6 Å². The Labute approximate surface area is 151 Å². The first kappa shape index (κ1) is 18.4. The summed E-state index contributed by atoms with van der Waals surface area (Å²) >= 11 is 0. The fourth-order valence-corrected chi connectivity index (χ4v) is 4.21. The van der Waals surface area contributed by atoms with Gasteiger partial charge in [-0.3, -0.25) is 9.25 Å². The number of fused-ring (bicyclic) bond motifs is 1. The fraction of sp³-hybridized carbons (Fsp3) is 0.412. The van der Waals surface area contributed by atoms with E-state index in [0.29, 0.717) is 18.5 Å². The summed E-state index contributed by atoms with van der Waals surface area (Å²) < 4.78 is 35.2. The molecule has 0 spiro atoms. The van der Waals surface area contributed by atoms with Crippen LogP contribution in [0.25, 0.3) is 11.1 Å². The number of hydrogen-bond acceptors (Lipinski definition) is 5. The van der Waals surface area contributed by atoms with Crippen molar-refractivity contribution in [3.8, 4) is 0 Å². The van der Waals surface area contributed by atoms with Gasteiger partial charge in [0.1, 0.15) is 0 Å². The summed E-state index contributed by atoms with van der Waals surface area (Å²) in [5.74, 6) is -0.523. The summed E-state index contributed by atoms with van der Waals surface area (Å²) in [6, 6.07) is 4.46. The van der Waals surface area contributed by atoms with Crippen LogP contribution in [0, 0.1) is 13.8 Å². The van der Waals surface area contributed by atoms with Crippen LogP contribution >= 0.6 is 0 Å². The minimum Gasteiger partial charge on any atom is -0.408 e. The van der Waals surface area contributed by atoms with Gasteiger partial charge in [0.05, 0.1) is 16.1 Å². The lowest BCUT2D eigenvalue weighted by Crippen LogP contribution is -2.29. The largest absolute Gasteiger partial charge is 0.419 e. The highest BCUT2D eigenvalue weighted by molar-refractivity contribution is 7.89. The van der Waals surface area contributed by atoms with Gasteiger partial charge < -0.3 is 4.42 Å². The highest BCUT2D eigenvalue weighted by Crippen LogP contribution is 2.21. The maximum atomic E-state index is 12.8. The Hall–Kier alpha value is -2.39. The number of hydrogen-bond donors (Lipinski definition) is 0. The van der Waals surface area contributed by atoms with Gasteiger partial charge in [-0.2, -0.15) is 5.10 Å². The predicted molar refractivity (Wildman–Crippen MR) is 97.7 cm³/mol. The van der Waals surface area contributed by atoms with Crippen molar-refractivity contribution in [3.63, 3.8) is 0 Å². The minimum absolute atomic E-state index is 0.0986. The molecular weight excluding hydrogens is 356 g/mol. The van der Waals surface area contributed by atoms with Crippen molar-refractivity contribution in [1.29, 1.82) is 0 Å². The van der Waals surface area contributed by atoms with Crippen LogP contribution in [0.2, 0.25) is 0 Å². The standard InChI is InChI=1S/C17H22N4O4S/c1-11-14(12(2)21(5)18-11)8-9-19(3)26(23,24)13-6-7-15-16(10-13)25-17(22)20(15)4/h6-7,10H,8-9H2,1-5H3. The van der Waals surface area contributed by atoms with Crippen LogP contribution in [0.5, 0.6) is 0 Å². The van der Waals surface area contributed by atoms with Crippen LogP contribution in [-0.4, -0.2) is 40.7 Å². The van der Waals surface area contributed by atoms with E-state index in [1.54, 1.807) is 24.8 Å². The van der Waals surface area contributed by atoms with E-state index in [4.69, 9.17) is 4.42 Å². The Bertz CT molecular complexity index is 1140. The molecule has 2 aromatic heterocycles. The van der Waals surface area contributed by atoms with Crippen molar-refractivity contribution in [2.45, 2.75) is 25.2 Å². The van der Waals surface area contributed by atoms with E-state index in [1.807, 2.05) is 20.9 Å². The maximum Gasteiger partial charge on any atom is 0.419 e. The molecule has 0 fully saturated rings. The number of benzene rings is 1. The zero-order chi connectivity index (χ0) is 19.2. The second kappa shape index (κ2) is 6.40. The molecule has 0 radical (unpaired) electrons. The SMILES string of the molecule is Cc1nn(C)c(C)c1CCN(C)S(=O)(=O)c1ccc2c(c1)oc(=O)n2C. The summed E-state index contributed by atoms with van der Waals surface area (Å²) in [7, 11) is 1.30. The Morgan fingerprint density at radius 2 is 1.92 bits per heavy atom. The lowest BCUT2D eigenvalue weighted by Gasteiger charge is -2.17. The van der Waals surface area contributed by atoms with Gasteiger partial charge in [-0.05, 0) is 38.0 Å². The molecule has 8 nitrogen and oxygen atoms in total. The zero-order valence-corrected chi connectivity index (χ0v) is 16.3. The third-order valence-corrected chi connectivity index (χ3v) is 6.66. The van der Waals surface area contributed by atoms with Gasteiger partial charge in [0.25, 0.3) is 0 Å². The molecule has 0 aliphatic heterocycles. The van der Waals surface area contributed by atoms with E-state index in [0.717, 1.165) is 17.0 Å². The molecule has 0 atom stereocenters. The first-order valence-corrected chi connectivity index (χ1v) is 9.62. The van der Waals surface area contributed by atoms with Crippen molar-refractivity contribution < 1.29 is 12.8 Å². The van der Waals surface area contributed by atoms with E-state index in [1.165, 1.54) is 21.0 Å². The van der Waals surface area contributed by atoms with Crippen LogP contribution < -0.4 is 5.76 Å². The first-order chi connectivity index (χ1) is 12.1. The molecule has 140 valence electrons. The van der Waals surface area contributed by atoms with Gasteiger partial charge in [-0.15, -0.1) is 0 Å². The topological polar surface area (TPSA) is 90.3 Å². The average molecular weight is 378 g/mol. The summed E-state index contributed by atoms with van der Waals surface area (Å²) in [5.41, 5.74) is 3.80. The van der Waals surface area contributed by atoms with Gasteiger partial charge in [-0.25, -0.2) is 17.5 Å². The van der Waals surface area contributed by atoms with Crippen LogP contribution in [0.3, 0.4) is 0 Å². The fourth-order valence-electron chi connectivity index (χ4n) is 3.02. The lowest BCUT2D eigenvalue weighted by molar-refractivity contribution is 0.471. The normalized spacial score (nSPS) is 12.4. The molecule has 26 heavy (non-hydrogen) atoms. The number of aryl methyl sites for hydroxylation is 3. The molecule has 0 saturated carbocycles. The number of nitrogens with zero attached hydrogens (tertiary/aromatic N) is 4. The molecule has 2 heterocycles. The van der Waals surface area contributed by atoms with Crippen LogP contribution in [0.15, 0.2) is 32.3 Å². The molecule has 0 saturated heterocycles. The molecule has 0 unspecified atom stereocenters. The Kier molecular flexibility index (Phi) is 4.53. The zero-order valence-electron chi connectivity index (χ0n) is 15.5. The van der Waals surface area contributed by atoms with E-state index < -0.39 is 15.8 Å². The third kappa shape index (κ3) is 2.97. The Balaban J connectivity index is 1.86. The molecular formula is C17H22N4O4S. The Morgan fingerprint density at radius 1 is 1.23 bits per heavy atom. The van der Waals surface area contributed by atoms with Crippen LogP contribution in [0.4, 0.5) is 0 Å². The van der Waals surface area contributed by atoms with E-state index in [2.05, 4.69) is 5.10 Å². The Morgan fingerprint density at radius 3 is 2.54 bits per heavy atom. The van der Waals surface area contributed by atoms with Crippen LogP contribution in [-0.2, 0) is 30.5 Å². The molecule has 0 aliphatic carbocycles. The molecule has 0 bridgehead atoms. The molecule has 3 aromatic rings. The molecule has 0 aliphatic rings. The highest BCUT2D eigenvalue weighted by Gasteiger charge is 2.23. The number of likely N-dealkylation sites (N-methyl/N-ethyl adjacent to an activating group) is 1. The molecule has 3 rings (SSSR count). The predicted octanol–water partition coefficient (Wildman–Crippen LogP) is 1.35. The van der Waals surface area contributed by atoms with Crippen molar-refractivity contribution in [1.82, 2.24) is 18.7 Å². The highest BCUT2D eigenvalue weighted by atomic mass is 32.2. The summed E-state index contributed by atoms with van der Waals surface area (Å²) in [6.07, 6.45) is 0.573. The summed E-state index contributed by atoms with van der Waals surface area (Å²) in [6.45, 7) is 4.21. The third-order valence-electron chi connectivity index (χ3n) is 4.81. The van der Waals surface area contributed by atoms with Crippen molar-refractivity contribution in [2.24, 2.45) is 14.1 Å². The van der Waals surface area contributed by atoms with Gasteiger partial charge in [0.2, 0.25) is 10.0 Å². The summed E-state index contributed by atoms with van der Waals surface area (Å²) in [5, 5.41) is 4.36. The molecule has 0 amide bonds. The average Bonchev–Trinajstić information content (AvgIpc) is 3.01. The van der Waals surface area contributed by atoms with Gasteiger partial charge in [-0.1, -0.05) is 0 Å². The van der Waals surface area contributed by atoms with Gasteiger partial charge >= 0.3 is 5.76 Å². The number of sulfonamides is 1. The minimum atomic E-state index is -3.69. The van der Waals surface area contributed by atoms with E-state index >= 15 is 0 Å². The quantitative estimate of drug-likeness (QED) is 0.668. The molecule has 9 heteroatoms. The van der Waals surface area contributed by atoms with E-state index in [9.17, 15) is 13.2 Å². The van der Waals surface area contributed by atoms with Crippen LogP contribution in [0.1, 0.15) is 17.0 Å². The molecule has 1 aromatic carbocycles. The second-order valence-corrected chi connectivity index (χ2v) is 8.45. The monoisotopic (exact) mass is 378 g/mol. The van der Waals surface area contributed by atoms with Crippen molar-refractivity contribution in [3.05, 3.63) is 45.7 Å². The molecule has 0 N–H and O–H groups in total. The number of oxazole rings is 1. The summed E-state index contributed by atoms with van der Waals surface area (Å²) in [4.78, 5) is 11.7. The lowest BCUT2D eigenvalue weighted by atomic mass is 10.1. The van der Waals surface area contributed by atoms with Crippen molar-refractivity contribution >= 4 is 21.1 Å². The van der Waals surface area contributed by atoms with Gasteiger partial charge in [0.15, 0.2) is 5.58 Å².